The summed E-state index contributed by atoms with van der Waals surface area (Å²) < 4.78 is 0. The third-order valence-corrected chi connectivity index (χ3v) is 1.44. The fraction of sp³-hybridized carbons (Fsp3) is 0.750. The predicted octanol–water partition coefficient (Wildman–Crippen LogP) is 0.362. The summed E-state index contributed by atoms with van der Waals surface area (Å²) >= 11 is 1.78. The average molecular weight is 101 g/mol. The van der Waals surface area contributed by atoms with Crippen molar-refractivity contribution in [1.82, 2.24) is 5.32 Å². The van der Waals surface area contributed by atoms with Crippen LogP contribution in [0.1, 0.15) is 0 Å². The lowest BCUT2D eigenvalue weighted by Crippen LogP contribution is -2.22. The van der Waals surface area contributed by atoms with Crippen molar-refractivity contribution in [2.45, 2.75) is 0 Å². The minimum Gasteiger partial charge on any atom is -0.314 e. The second-order valence-electron chi connectivity index (χ2n) is 1.17. The van der Waals surface area contributed by atoms with Gasteiger partial charge in [-0.15, -0.1) is 11.8 Å². The topological polar surface area (TPSA) is 12.0 Å². The standard InChI is InChI=1S/C4H7NS/c1-3-6-4-2-5-1/h5H,1-3H2. The Morgan fingerprint density at radius 3 is 2.83 bits per heavy atom. The van der Waals surface area contributed by atoms with Crippen LogP contribution in [0.25, 0.3) is 0 Å². The first-order valence-corrected chi connectivity index (χ1v) is 3.04. The van der Waals surface area contributed by atoms with Crippen LogP contribution in [0.15, 0.2) is 0 Å². The highest BCUT2D eigenvalue weighted by atomic mass is 32.2. The van der Waals surface area contributed by atoms with Crippen LogP contribution in [0.5, 0.6) is 0 Å². The quantitative estimate of drug-likeness (QED) is 0.473. The zero-order chi connectivity index (χ0) is 4.24. The van der Waals surface area contributed by atoms with E-state index in [1.165, 1.54) is 5.75 Å². The molecule has 1 aliphatic rings. The Kier molecular flexibility index (Phi) is 1.85. The minimum atomic E-state index is 0.963. The predicted molar refractivity (Wildman–Crippen MR) is 28.6 cm³/mol. The summed E-state index contributed by atoms with van der Waals surface area (Å²) in [6, 6.07) is 0. The smallest absolute Gasteiger partial charge is 0.0631 e. The highest BCUT2D eigenvalue weighted by molar-refractivity contribution is 8.01. The van der Waals surface area contributed by atoms with Gasteiger partial charge in [0.1, 0.15) is 0 Å². The van der Waals surface area contributed by atoms with Crippen molar-refractivity contribution >= 4 is 11.8 Å². The Morgan fingerprint density at radius 1 is 1.67 bits per heavy atom. The van der Waals surface area contributed by atoms with Crippen molar-refractivity contribution in [3.05, 3.63) is 5.75 Å². The van der Waals surface area contributed by atoms with Gasteiger partial charge in [0.05, 0.1) is 5.75 Å². The number of nitrogens with one attached hydrogen (secondary N) is 1. The monoisotopic (exact) mass is 101 g/mol. The third-order valence-electron chi connectivity index (χ3n) is 0.680. The van der Waals surface area contributed by atoms with Gasteiger partial charge in [-0.05, 0) is 0 Å². The molecule has 2 radical (unpaired) electrons. The van der Waals surface area contributed by atoms with E-state index in [2.05, 4.69) is 11.1 Å². The fourth-order valence-electron chi connectivity index (χ4n) is 0.386. The summed E-state index contributed by atoms with van der Waals surface area (Å²) in [6.45, 7) is 2.11. The van der Waals surface area contributed by atoms with E-state index < -0.39 is 0 Å². The zero-order valence-corrected chi connectivity index (χ0v) is 4.35. The van der Waals surface area contributed by atoms with Crippen LogP contribution >= 0.6 is 11.8 Å². The molecule has 0 atom stereocenters. The van der Waals surface area contributed by atoms with E-state index in [-0.39, 0.29) is 0 Å². The van der Waals surface area contributed by atoms with Gasteiger partial charge in [0, 0.05) is 18.8 Å². The van der Waals surface area contributed by atoms with Gasteiger partial charge < -0.3 is 5.32 Å². The molecule has 1 aliphatic heterocycles. The van der Waals surface area contributed by atoms with Gasteiger partial charge in [-0.25, -0.2) is 0 Å². The van der Waals surface area contributed by atoms with Crippen LogP contribution < -0.4 is 5.32 Å². The molecule has 0 unspecified atom stereocenters. The van der Waals surface area contributed by atoms with Crippen LogP contribution in [0.3, 0.4) is 0 Å². The highest BCUT2D eigenvalue weighted by Gasteiger charge is 1.95. The summed E-state index contributed by atoms with van der Waals surface area (Å²) in [5.74, 6) is 4.28. The van der Waals surface area contributed by atoms with E-state index in [1.807, 2.05) is 0 Å². The second-order valence-corrected chi connectivity index (χ2v) is 2.16. The Morgan fingerprint density at radius 2 is 2.67 bits per heavy atom. The molecule has 1 fully saturated rings. The van der Waals surface area contributed by atoms with E-state index >= 15 is 0 Å². The van der Waals surface area contributed by atoms with E-state index in [1.54, 1.807) is 11.8 Å². The zero-order valence-electron chi connectivity index (χ0n) is 3.53. The molecule has 1 heterocycles. The Bertz CT molecular complexity index is 23.0. The summed E-state index contributed by atoms with van der Waals surface area (Å²) in [7, 11) is 0. The first-order valence-electron chi connectivity index (χ1n) is 2.05. The molecule has 0 aromatic carbocycles. The molecule has 1 nitrogen and oxygen atoms in total. The number of rotatable bonds is 0. The molecule has 1 rings (SSSR count). The van der Waals surface area contributed by atoms with Gasteiger partial charge in [-0.3, -0.25) is 0 Å². The maximum atomic E-state index is 3.15. The molecule has 0 aliphatic carbocycles. The maximum absolute atomic E-state index is 3.15. The van der Waals surface area contributed by atoms with E-state index in [4.69, 9.17) is 0 Å². The fourth-order valence-corrected chi connectivity index (χ4v) is 0.981. The van der Waals surface area contributed by atoms with Crippen molar-refractivity contribution in [3.63, 3.8) is 0 Å². The second kappa shape index (κ2) is 2.48. The molecule has 1 N–H and O–H groups in total. The van der Waals surface area contributed by atoms with Crippen molar-refractivity contribution < 1.29 is 0 Å². The van der Waals surface area contributed by atoms with Gasteiger partial charge in [0.25, 0.3) is 0 Å². The molecule has 1 saturated heterocycles. The average Bonchev–Trinajstić information content (AvgIpc) is 1.72. The van der Waals surface area contributed by atoms with Crippen LogP contribution in [0.2, 0.25) is 0 Å². The van der Waals surface area contributed by atoms with Gasteiger partial charge >= 0.3 is 0 Å². The van der Waals surface area contributed by atoms with Crippen molar-refractivity contribution in [2.75, 3.05) is 18.8 Å². The molecule has 0 amide bonds. The molecule has 34 valence electrons. The van der Waals surface area contributed by atoms with E-state index in [0.29, 0.717) is 0 Å². The number of hydrogen-bond acceptors (Lipinski definition) is 2. The van der Waals surface area contributed by atoms with E-state index in [9.17, 15) is 0 Å². The molecule has 0 aromatic heterocycles. The molecule has 6 heavy (non-hydrogen) atoms. The van der Waals surface area contributed by atoms with Gasteiger partial charge in [0.2, 0.25) is 0 Å². The minimum absolute atomic E-state index is 0.963. The normalized spacial score (nSPS) is 24.0. The van der Waals surface area contributed by atoms with E-state index in [0.717, 1.165) is 13.1 Å². The van der Waals surface area contributed by atoms with Crippen LogP contribution in [-0.4, -0.2) is 18.8 Å². The molecule has 0 saturated carbocycles. The van der Waals surface area contributed by atoms with Crippen molar-refractivity contribution in [3.8, 4) is 0 Å². The van der Waals surface area contributed by atoms with Gasteiger partial charge in [-0.1, -0.05) is 0 Å². The summed E-state index contributed by atoms with van der Waals surface area (Å²) in [5, 5.41) is 3.15. The number of hydrogen-bond donors (Lipinski definition) is 1. The molecular weight excluding hydrogens is 94.1 g/mol. The lowest BCUT2D eigenvalue weighted by molar-refractivity contribution is 0.784. The van der Waals surface area contributed by atoms with Crippen LogP contribution in [-0.2, 0) is 0 Å². The molecule has 0 aromatic rings. The Labute approximate surface area is 42.5 Å². The first-order chi connectivity index (χ1) is 3.00. The van der Waals surface area contributed by atoms with Crippen molar-refractivity contribution in [1.29, 1.82) is 0 Å². The largest absolute Gasteiger partial charge is 0.314 e. The SMILES string of the molecule is [C]1CNCCS1. The summed E-state index contributed by atoms with van der Waals surface area (Å²) in [5.41, 5.74) is 0. The Hall–Kier alpha value is 0.310. The number of thioether (sulfide) groups is 1. The van der Waals surface area contributed by atoms with Gasteiger partial charge in [0.15, 0.2) is 0 Å². The van der Waals surface area contributed by atoms with Crippen LogP contribution in [0, 0.1) is 5.75 Å². The summed E-state index contributed by atoms with van der Waals surface area (Å²) in [6.07, 6.45) is 0. The van der Waals surface area contributed by atoms with Crippen molar-refractivity contribution in [2.24, 2.45) is 0 Å². The lowest BCUT2D eigenvalue weighted by Gasteiger charge is -2.07. The van der Waals surface area contributed by atoms with Gasteiger partial charge in [-0.2, -0.15) is 0 Å². The lowest BCUT2D eigenvalue weighted by atomic mass is 10.6. The maximum Gasteiger partial charge on any atom is 0.0631 e. The molecule has 0 spiro atoms. The molecule has 2 heteroatoms. The molecule has 0 bridgehead atoms. The first kappa shape index (κ1) is 4.47. The Balaban J connectivity index is 2.00. The highest BCUT2D eigenvalue weighted by Crippen LogP contribution is 2.05. The van der Waals surface area contributed by atoms with Crippen LogP contribution in [0.4, 0.5) is 0 Å². The third kappa shape index (κ3) is 1.19. The summed E-state index contributed by atoms with van der Waals surface area (Å²) in [4.78, 5) is 0. The molecular formula is C4H7NS.